The third kappa shape index (κ3) is 4.87. The van der Waals surface area contributed by atoms with Gasteiger partial charge < -0.3 is 19.0 Å². The summed E-state index contributed by atoms with van der Waals surface area (Å²) in [6, 6.07) is 14.0. The minimum atomic E-state index is -1.09. The van der Waals surface area contributed by atoms with Crippen LogP contribution >= 0.6 is 22.9 Å². The smallest absolute Gasteiger partial charge is 0.338 e. The van der Waals surface area contributed by atoms with Gasteiger partial charge in [-0.15, -0.1) is 0 Å². The van der Waals surface area contributed by atoms with Crippen LogP contribution in [0, 0.1) is 0 Å². The molecule has 40 heavy (non-hydrogen) atoms. The number of carbonyl (C=O) groups is 2. The highest BCUT2D eigenvalue weighted by molar-refractivity contribution is 7.07. The largest absolute Gasteiger partial charge is 0.496 e. The molecule has 1 aliphatic heterocycles. The van der Waals surface area contributed by atoms with Crippen molar-refractivity contribution in [2.75, 3.05) is 13.7 Å². The summed E-state index contributed by atoms with van der Waals surface area (Å²) in [5, 5.41) is 9.65. The Labute approximate surface area is 236 Å². The molecule has 2 aromatic carbocycles. The van der Waals surface area contributed by atoms with Gasteiger partial charge in [0.25, 0.3) is 5.56 Å². The highest BCUT2D eigenvalue weighted by Gasteiger charge is 2.35. The number of rotatable bonds is 7. The molecule has 0 spiro atoms. The minimum absolute atomic E-state index is 0.0646. The summed E-state index contributed by atoms with van der Waals surface area (Å²) in [7, 11) is 1.52. The Morgan fingerprint density at radius 3 is 2.70 bits per heavy atom. The molecule has 1 aliphatic rings. The first-order chi connectivity index (χ1) is 19.2. The number of nitrogens with zero attached hydrogens (tertiary/aromatic N) is 2. The maximum absolute atomic E-state index is 13.8. The fourth-order valence-corrected chi connectivity index (χ4v) is 5.77. The van der Waals surface area contributed by atoms with Crippen molar-refractivity contribution in [2.24, 2.45) is 4.99 Å². The van der Waals surface area contributed by atoms with Crippen LogP contribution in [0.15, 0.2) is 80.1 Å². The van der Waals surface area contributed by atoms with Gasteiger partial charge in [-0.05, 0) is 50.2 Å². The second-order valence-corrected chi connectivity index (χ2v) is 10.2. The molecule has 1 N–H and O–H groups in total. The summed E-state index contributed by atoms with van der Waals surface area (Å²) in [5.41, 5.74) is 1.40. The Kier molecular flexibility index (Phi) is 7.46. The number of hydrogen-bond donors (Lipinski definition) is 1. The molecule has 3 heterocycles. The zero-order chi connectivity index (χ0) is 28.6. The first-order valence-electron chi connectivity index (χ1n) is 12.2. The van der Waals surface area contributed by atoms with E-state index in [0.29, 0.717) is 48.5 Å². The molecule has 0 saturated heterocycles. The predicted molar refractivity (Wildman–Crippen MR) is 150 cm³/mol. The summed E-state index contributed by atoms with van der Waals surface area (Å²) < 4.78 is 18.6. The van der Waals surface area contributed by atoms with Gasteiger partial charge in [-0.25, -0.2) is 14.6 Å². The average Bonchev–Trinajstić information content (AvgIpc) is 3.52. The lowest BCUT2D eigenvalue weighted by Crippen LogP contribution is -2.40. The summed E-state index contributed by atoms with van der Waals surface area (Å²) in [6.07, 6.45) is 1.57. The number of thiazole rings is 1. The van der Waals surface area contributed by atoms with E-state index in [1.165, 1.54) is 29.9 Å². The van der Waals surface area contributed by atoms with E-state index in [0.717, 1.165) is 11.3 Å². The van der Waals surface area contributed by atoms with Crippen LogP contribution in [0.2, 0.25) is 5.02 Å². The molecule has 9 nitrogen and oxygen atoms in total. The van der Waals surface area contributed by atoms with Gasteiger partial charge in [-0.3, -0.25) is 9.36 Å². The SMILES string of the molecule is CCOC(=O)C1=C(C)N=c2sc(=Cc3ccc(-c4cc(C(=O)O)ccc4Cl)o3)c(=O)n2C1c1ccccc1OC. The molecular weight excluding hydrogens is 556 g/mol. The summed E-state index contributed by atoms with van der Waals surface area (Å²) >= 11 is 7.45. The van der Waals surface area contributed by atoms with Crippen LogP contribution in [0.4, 0.5) is 0 Å². The number of furan rings is 1. The molecule has 0 fully saturated rings. The van der Waals surface area contributed by atoms with Crippen molar-refractivity contribution < 1.29 is 28.6 Å². The lowest BCUT2D eigenvalue weighted by atomic mass is 9.95. The number of aromatic nitrogens is 1. The Balaban J connectivity index is 1.65. The Morgan fingerprint density at radius 2 is 1.98 bits per heavy atom. The second-order valence-electron chi connectivity index (χ2n) is 8.75. The number of carboxylic acid groups (broad SMARTS) is 1. The lowest BCUT2D eigenvalue weighted by molar-refractivity contribution is -0.139. The van der Waals surface area contributed by atoms with Crippen LogP contribution in [0.25, 0.3) is 17.4 Å². The number of hydrogen-bond acceptors (Lipinski definition) is 8. The number of fused-ring (bicyclic) bond motifs is 1. The fourth-order valence-electron chi connectivity index (χ4n) is 4.53. The lowest BCUT2D eigenvalue weighted by Gasteiger charge is -2.25. The number of benzene rings is 2. The molecule has 1 unspecified atom stereocenters. The number of esters is 1. The van der Waals surface area contributed by atoms with E-state index in [9.17, 15) is 19.5 Å². The monoisotopic (exact) mass is 578 g/mol. The first-order valence-corrected chi connectivity index (χ1v) is 13.4. The maximum atomic E-state index is 13.8. The van der Waals surface area contributed by atoms with Crippen molar-refractivity contribution in [1.82, 2.24) is 4.57 Å². The number of para-hydroxylation sites is 1. The number of allylic oxidation sites excluding steroid dienone is 1. The third-order valence-electron chi connectivity index (χ3n) is 6.33. The summed E-state index contributed by atoms with van der Waals surface area (Å²) in [4.78, 5) is 43.3. The van der Waals surface area contributed by atoms with Gasteiger partial charge in [0.1, 0.15) is 23.3 Å². The summed E-state index contributed by atoms with van der Waals surface area (Å²) in [6.45, 7) is 3.59. The number of methoxy groups -OCH3 is 1. The Morgan fingerprint density at radius 1 is 1.20 bits per heavy atom. The molecule has 1 atom stereocenters. The van der Waals surface area contributed by atoms with Crippen molar-refractivity contribution in [1.29, 1.82) is 0 Å². The zero-order valence-electron chi connectivity index (χ0n) is 21.6. The van der Waals surface area contributed by atoms with E-state index in [1.54, 1.807) is 56.3 Å². The van der Waals surface area contributed by atoms with Crippen molar-refractivity contribution in [3.63, 3.8) is 0 Å². The van der Waals surface area contributed by atoms with Gasteiger partial charge >= 0.3 is 11.9 Å². The maximum Gasteiger partial charge on any atom is 0.338 e. The van der Waals surface area contributed by atoms with Crippen LogP contribution in [-0.2, 0) is 9.53 Å². The van der Waals surface area contributed by atoms with Gasteiger partial charge in [0.05, 0.1) is 40.1 Å². The molecule has 5 rings (SSSR count). The summed E-state index contributed by atoms with van der Waals surface area (Å²) in [5.74, 6) is -0.445. The van der Waals surface area contributed by atoms with Crippen molar-refractivity contribution >= 4 is 41.0 Å². The molecule has 0 amide bonds. The third-order valence-corrected chi connectivity index (χ3v) is 7.64. The highest BCUT2D eigenvalue weighted by atomic mass is 35.5. The Hall–Kier alpha value is -4.41. The van der Waals surface area contributed by atoms with Gasteiger partial charge in [-0.2, -0.15) is 0 Å². The quantitative estimate of drug-likeness (QED) is 0.322. The molecule has 0 radical (unpaired) electrons. The van der Waals surface area contributed by atoms with E-state index in [2.05, 4.69) is 4.99 Å². The molecule has 0 saturated carbocycles. The molecule has 0 bridgehead atoms. The van der Waals surface area contributed by atoms with E-state index in [1.807, 2.05) is 0 Å². The van der Waals surface area contributed by atoms with Crippen LogP contribution in [0.5, 0.6) is 5.75 Å². The van der Waals surface area contributed by atoms with E-state index in [4.69, 9.17) is 25.5 Å². The second kappa shape index (κ2) is 11.0. The van der Waals surface area contributed by atoms with E-state index in [-0.39, 0.29) is 23.3 Å². The molecule has 0 aliphatic carbocycles. The number of halogens is 1. The van der Waals surface area contributed by atoms with Gasteiger partial charge in [-0.1, -0.05) is 41.1 Å². The van der Waals surface area contributed by atoms with Crippen molar-refractivity contribution in [3.8, 4) is 17.1 Å². The van der Waals surface area contributed by atoms with E-state index >= 15 is 0 Å². The van der Waals surface area contributed by atoms with Crippen LogP contribution in [0.3, 0.4) is 0 Å². The van der Waals surface area contributed by atoms with Crippen LogP contribution in [-0.4, -0.2) is 35.3 Å². The van der Waals surface area contributed by atoms with E-state index < -0.39 is 18.0 Å². The average molecular weight is 579 g/mol. The minimum Gasteiger partial charge on any atom is -0.496 e. The van der Waals surface area contributed by atoms with Gasteiger partial charge in [0, 0.05) is 17.2 Å². The van der Waals surface area contributed by atoms with Crippen LogP contribution in [0.1, 0.15) is 41.6 Å². The standard InChI is InChI=1S/C29H23ClN2O7S/c1-4-38-28(36)24-15(2)31-29-32(25(24)18-7-5-6-8-21(18)37-3)26(33)23(40-29)14-17-10-12-22(39-17)19-13-16(27(34)35)9-11-20(19)30/h5-14,25H,4H2,1-3H3,(H,34,35). The normalized spacial score (nSPS) is 15.0. The molecular formula is C29H23ClN2O7S. The topological polar surface area (TPSA) is 120 Å². The Bertz CT molecular complexity index is 1870. The first kappa shape index (κ1) is 27.2. The number of ether oxygens (including phenoxy) is 2. The predicted octanol–water partition coefficient (Wildman–Crippen LogP) is 4.42. The molecule has 11 heteroatoms. The molecule has 2 aromatic heterocycles. The molecule has 204 valence electrons. The number of carbonyl (C=O) groups excluding carboxylic acids is 1. The van der Waals surface area contributed by atoms with Crippen molar-refractivity contribution in [2.45, 2.75) is 19.9 Å². The highest BCUT2D eigenvalue weighted by Crippen LogP contribution is 2.36. The van der Waals surface area contributed by atoms with Crippen LogP contribution < -0.4 is 19.6 Å². The number of aromatic carboxylic acids is 1. The van der Waals surface area contributed by atoms with Gasteiger partial charge in [0.2, 0.25) is 0 Å². The zero-order valence-corrected chi connectivity index (χ0v) is 23.2. The number of carboxylic acids is 1. The molecule has 4 aromatic rings. The van der Waals surface area contributed by atoms with Crippen molar-refractivity contribution in [3.05, 3.63) is 107 Å². The van der Waals surface area contributed by atoms with Gasteiger partial charge in [0.15, 0.2) is 4.80 Å². The fraction of sp³-hybridized carbons (Fsp3) is 0.172.